The molecule has 0 radical (unpaired) electrons. The molecule has 1 aliphatic rings. The Balaban J connectivity index is 1.71. The lowest BCUT2D eigenvalue weighted by Crippen LogP contribution is -2.34. The van der Waals surface area contributed by atoms with Gasteiger partial charge in [-0.1, -0.05) is 6.08 Å². The summed E-state index contributed by atoms with van der Waals surface area (Å²) in [6.45, 7) is 2.16. The topological polar surface area (TPSA) is 137 Å². The van der Waals surface area contributed by atoms with Crippen LogP contribution in [0, 0.1) is 0 Å². The zero-order valence-corrected chi connectivity index (χ0v) is 18.0. The van der Waals surface area contributed by atoms with E-state index in [-0.39, 0.29) is 29.0 Å². The Morgan fingerprint density at radius 1 is 1.26 bits per heavy atom. The third kappa shape index (κ3) is 4.65. The molecule has 3 aromatic rings. The van der Waals surface area contributed by atoms with Crippen molar-refractivity contribution in [3.05, 3.63) is 63.7 Å². The average Bonchev–Trinajstić information content (AvgIpc) is 2.79. The molecule has 9 nitrogen and oxygen atoms in total. The Hall–Kier alpha value is -4.09. The summed E-state index contributed by atoms with van der Waals surface area (Å²) < 4.78 is 39.6. The van der Waals surface area contributed by atoms with Crippen LogP contribution in [0.25, 0.3) is 16.3 Å². The molecule has 4 rings (SSSR count). The maximum Gasteiger partial charge on any atom is 0.416 e. The SMILES string of the molecule is CC(Nc1n[nH]c(=O)c2cnc(C3=CCCN(C(=O)O)C3)cc12)c1cc(N)cc(C(F)(F)F)c1. The quantitative estimate of drug-likeness (QED) is 0.422. The number of amides is 1. The van der Waals surface area contributed by atoms with Crippen molar-refractivity contribution >= 4 is 33.9 Å². The van der Waals surface area contributed by atoms with E-state index in [0.29, 0.717) is 29.6 Å². The number of nitrogen functional groups attached to an aromatic ring is 1. The number of alkyl halides is 3. The van der Waals surface area contributed by atoms with Crippen LogP contribution in [-0.4, -0.2) is 44.4 Å². The molecular formula is C22H21F3N6O3. The number of benzene rings is 1. The van der Waals surface area contributed by atoms with E-state index < -0.39 is 29.4 Å². The van der Waals surface area contributed by atoms with Crippen molar-refractivity contribution in [3.63, 3.8) is 0 Å². The van der Waals surface area contributed by atoms with Crippen LogP contribution in [0.1, 0.15) is 36.2 Å². The van der Waals surface area contributed by atoms with Gasteiger partial charge in [-0.2, -0.15) is 18.3 Å². The number of halogens is 3. The van der Waals surface area contributed by atoms with Crippen molar-refractivity contribution in [3.8, 4) is 0 Å². The Bertz CT molecular complexity index is 1350. The molecule has 178 valence electrons. The van der Waals surface area contributed by atoms with Crippen LogP contribution in [0.3, 0.4) is 0 Å². The fourth-order valence-electron chi connectivity index (χ4n) is 3.82. The van der Waals surface area contributed by atoms with E-state index >= 15 is 0 Å². The molecule has 5 N–H and O–H groups in total. The van der Waals surface area contributed by atoms with Gasteiger partial charge in [0.05, 0.1) is 29.2 Å². The molecule has 0 aliphatic carbocycles. The second-order valence-corrected chi connectivity index (χ2v) is 7.99. The van der Waals surface area contributed by atoms with Crippen LogP contribution >= 0.6 is 0 Å². The van der Waals surface area contributed by atoms with E-state index in [9.17, 15) is 27.9 Å². The van der Waals surface area contributed by atoms with Crippen LogP contribution < -0.4 is 16.6 Å². The number of nitrogens with one attached hydrogen (secondary N) is 2. The van der Waals surface area contributed by atoms with Gasteiger partial charge in [0, 0.05) is 23.8 Å². The maximum absolute atomic E-state index is 13.2. The van der Waals surface area contributed by atoms with E-state index in [1.807, 2.05) is 6.08 Å². The van der Waals surface area contributed by atoms with Crippen molar-refractivity contribution in [2.75, 3.05) is 24.1 Å². The Kier molecular flexibility index (Phi) is 5.90. The molecule has 0 spiro atoms. The number of hydrogen-bond acceptors (Lipinski definition) is 6. The van der Waals surface area contributed by atoms with Crippen molar-refractivity contribution in [1.29, 1.82) is 0 Å². The number of pyridine rings is 1. The van der Waals surface area contributed by atoms with Gasteiger partial charge in [-0.15, -0.1) is 0 Å². The molecule has 0 fully saturated rings. The lowest BCUT2D eigenvalue weighted by Gasteiger charge is -2.24. The molecule has 1 aromatic carbocycles. The largest absolute Gasteiger partial charge is 0.465 e. The van der Waals surface area contributed by atoms with Crippen molar-refractivity contribution in [2.45, 2.75) is 25.6 Å². The van der Waals surface area contributed by atoms with Crippen LogP contribution in [-0.2, 0) is 6.18 Å². The number of aromatic amines is 1. The molecule has 1 aliphatic heterocycles. The van der Waals surface area contributed by atoms with Gasteiger partial charge >= 0.3 is 12.3 Å². The first-order valence-corrected chi connectivity index (χ1v) is 10.3. The van der Waals surface area contributed by atoms with Crippen molar-refractivity contribution in [1.82, 2.24) is 20.1 Å². The summed E-state index contributed by atoms with van der Waals surface area (Å²) in [5.41, 5.74) is 5.74. The summed E-state index contributed by atoms with van der Waals surface area (Å²) in [4.78, 5) is 29.2. The number of rotatable bonds is 4. The van der Waals surface area contributed by atoms with E-state index in [4.69, 9.17) is 5.73 Å². The molecule has 2 aromatic heterocycles. The highest BCUT2D eigenvalue weighted by Crippen LogP contribution is 2.34. The third-order valence-electron chi connectivity index (χ3n) is 5.58. The average molecular weight is 474 g/mol. The minimum atomic E-state index is -4.55. The number of carbonyl (C=O) groups is 1. The molecule has 0 saturated carbocycles. The fourth-order valence-corrected chi connectivity index (χ4v) is 3.82. The lowest BCUT2D eigenvalue weighted by atomic mass is 10.0. The van der Waals surface area contributed by atoms with E-state index in [2.05, 4.69) is 20.5 Å². The van der Waals surface area contributed by atoms with Crippen molar-refractivity contribution < 1.29 is 23.1 Å². The monoisotopic (exact) mass is 474 g/mol. The summed E-state index contributed by atoms with van der Waals surface area (Å²) >= 11 is 0. The highest BCUT2D eigenvalue weighted by atomic mass is 19.4. The maximum atomic E-state index is 13.2. The Morgan fingerprint density at radius 3 is 2.74 bits per heavy atom. The van der Waals surface area contributed by atoms with Gasteiger partial charge in [-0.3, -0.25) is 9.78 Å². The number of fused-ring (bicyclic) bond motifs is 1. The number of anilines is 2. The number of carboxylic acid groups (broad SMARTS) is 1. The van der Waals surface area contributed by atoms with Gasteiger partial charge in [0.2, 0.25) is 0 Å². The van der Waals surface area contributed by atoms with E-state index in [1.165, 1.54) is 17.2 Å². The molecule has 3 heterocycles. The lowest BCUT2D eigenvalue weighted by molar-refractivity contribution is -0.137. The second kappa shape index (κ2) is 8.69. The highest BCUT2D eigenvalue weighted by Gasteiger charge is 2.31. The normalized spacial score (nSPS) is 15.2. The number of nitrogens with two attached hydrogens (primary N) is 1. The zero-order chi connectivity index (χ0) is 24.6. The minimum absolute atomic E-state index is 0.0310. The molecule has 0 saturated heterocycles. The summed E-state index contributed by atoms with van der Waals surface area (Å²) in [7, 11) is 0. The minimum Gasteiger partial charge on any atom is -0.465 e. The zero-order valence-electron chi connectivity index (χ0n) is 18.0. The molecular weight excluding hydrogens is 453 g/mol. The van der Waals surface area contributed by atoms with Gasteiger partial charge in [-0.25, -0.2) is 9.89 Å². The van der Waals surface area contributed by atoms with Gasteiger partial charge in [0.15, 0.2) is 5.82 Å². The molecule has 1 atom stereocenters. The number of aromatic nitrogens is 3. The second-order valence-electron chi connectivity index (χ2n) is 7.99. The predicted molar refractivity (Wildman–Crippen MR) is 120 cm³/mol. The summed E-state index contributed by atoms with van der Waals surface area (Å²) in [5.74, 6) is 0.230. The third-order valence-corrected chi connectivity index (χ3v) is 5.58. The van der Waals surface area contributed by atoms with Crippen LogP contribution in [0.4, 0.5) is 29.5 Å². The van der Waals surface area contributed by atoms with Gasteiger partial charge in [-0.05, 0) is 48.7 Å². The number of H-pyrrole nitrogens is 1. The van der Waals surface area contributed by atoms with Crippen LogP contribution in [0.5, 0.6) is 0 Å². The first kappa shape index (κ1) is 23.1. The van der Waals surface area contributed by atoms with Crippen LogP contribution in [0.15, 0.2) is 41.3 Å². The van der Waals surface area contributed by atoms with Crippen molar-refractivity contribution in [2.24, 2.45) is 0 Å². The summed E-state index contributed by atoms with van der Waals surface area (Å²) in [5, 5.41) is 19.3. The first-order valence-electron chi connectivity index (χ1n) is 10.3. The number of hydrogen-bond donors (Lipinski definition) is 4. The predicted octanol–water partition coefficient (Wildman–Crippen LogP) is 3.86. The van der Waals surface area contributed by atoms with E-state index in [1.54, 1.807) is 13.0 Å². The van der Waals surface area contributed by atoms with Gasteiger partial charge in [0.1, 0.15) is 0 Å². The molecule has 12 heteroatoms. The smallest absolute Gasteiger partial charge is 0.416 e. The summed E-state index contributed by atoms with van der Waals surface area (Å²) in [6.07, 6.45) is -1.82. The van der Waals surface area contributed by atoms with Crippen LogP contribution in [0.2, 0.25) is 0 Å². The molecule has 1 amide bonds. The molecule has 34 heavy (non-hydrogen) atoms. The van der Waals surface area contributed by atoms with E-state index in [0.717, 1.165) is 12.1 Å². The Labute approximate surface area is 191 Å². The fraction of sp³-hybridized carbons (Fsp3) is 0.273. The van der Waals surface area contributed by atoms with Gasteiger partial charge < -0.3 is 21.1 Å². The molecule has 1 unspecified atom stereocenters. The number of nitrogens with zero attached hydrogens (tertiary/aromatic N) is 3. The van der Waals surface area contributed by atoms with Gasteiger partial charge in [0.25, 0.3) is 5.56 Å². The molecule has 0 bridgehead atoms. The summed E-state index contributed by atoms with van der Waals surface area (Å²) in [6, 6.07) is 4.27. The standard InChI is InChI=1S/C22H21F3N6O3/c1-11(13-5-14(22(23,24)25)7-15(26)6-13)28-19-16-8-18(27-9-17(16)20(32)30-29-19)12-3-2-4-31(10-12)21(33)34/h3,5-9,11H,2,4,10,26H2,1H3,(H,28,29)(H,30,32)(H,33,34). The highest BCUT2D eigenvalue weighted by molar-refractivity contribution is 5.92. The Morgan fingerprint density at radius 2 is 2.03 bits per heavy atom. The first-order chi connectivity index (χ1) is 16.0.